The van der Waals surface area contributed by atoms with Crippen molar-refractivity contribution >= 4 is 63.1 Å². The lowest BCUT2D eigenvalue weighted by Crippen LogP contribution is -2.31. The highest BCUT2D eigenvalue weighted by molar-refractivity contribution is 6.58. The number of hydrogen-bond donors (Lipinski definition) is 3. The van der Waals surface area contributed by atoms with Gasteiger partial charge in [-0.1, -0.05) is 39.8 Å². The lowest BCUT2D eigenvalue weighted by Gasteiger charge is -2.26. The minimum Gasteiger partial charge on any atom is -0.423 e. The molecule has 338 valence electrons. The number of nitrogens with zero attached hydrogens (tertiary/aromatic N) is 10. The Kier molecular flexibility index (Phi) is 10.9. The van der Waals surface area contributed by atoms with Crippen LogP contribution >= 0.6 is 0 Å². The van der Waals surface area contributed by atoms with Crippen molar-refractivity contribution in [2.75, 3.05) is 28.6 Å². The van der Waals surface area contributed by atoms with Crippen molar-refractivity contribution in [3.05, 3.63) is 156 Å². The van der Waals surface area contributed by atoms with Crippen LogP contribution in [-0.4, -0.2) is 70.1 Å². The fourth-order valence-electron chi connectivity index (χ4n) is 9.53. The molecule has 0 atom stereocenters. The van der Waals surface area contributed by atoms with Crippen molar-refractivity contribution in [3.63, 3.8) is 0 Å². The van der Waals surface area contributed by atoms with Crippen molar-refractivity contribution in [2.45, 2.75) is 52.4 Å². The number of nitrogen functional groups attached to an aromatic ring is 1. The van der Waals surface area contributed by atoms with Crippen molar-refractivity contribution in [2.24, 2.45) is 0 Å². The van der Waals surface area contributed by atoms with E-state index in [1.807, 2.05) is 62.5 Å². The molecule has 0 bridgehead atoms. The van der Waals surface area contributed by atoms with Crippen LogP contribution in [0.25, 0.3) is 55.8 Å². The largest absolute Gasteiger partial charge is 0.490 e. The van der Waals surface area contributed by atoms with Gasteiger partial charge < -0.3 is 25.6 Å². The third-order valence-electron chi connectivity index (χ3n) is 12.7. The summed E-state index contributed by atoms with van der Waals surface area (Å²) in [6.07, 6.45) is 8.42. The molecule has 7 aromatic heterocycles. The molecule has 0 radical (unpaired) electrons. The van der Waals surface area contributed by atoms with Gasteiger partial charge >= 0.3 is 7.12 Å². The standard InChI is InChI=1S/C28H24FN7.C24H22BFN4O2/c1-16-24(21-6-4-5-10-31-21)34-22-13-18(29)7-8-19(22)25(16)36-15-28(2,3)26-23(36)12-17(14-33-26)20-9-11-32-27(30)35-20;1-14-21(18-6-4-5-9-27-18)29-19-11-16(26)7-8-17(19)22(14)30-13-24(2,3)23-20(30)10-15(12-28-23)25(31)32/h4-14H,15H2,1-3H3,(H2,30,32,35);4-12,31-32H,13H2,1-3H3. The topological polar surface area (TPSA) is 176 Å². The summed E-state index contributed by atoms with van der Waals surface area (Å²) in [5.74, 6) is -0.478. The molecule has 68 heavy (non-hydrogen) atoms. The average Bonchev–Trinajstić information content (AvgIpc) is 3.75. The normalized spacial score (nSPS) is 14.4. The number of hydrogen-bond acceptors (Lipinski definition) is 13. The van der Waals surface area contributed by atoms with E-state index in [1.54, 1.807) is 36.8 Å². The van der Waals surface area contributed by atoms with Crippen LogP contribution in [0.15, 0.2) is 122 Å². The Morgan fingerprint density at radius 3 is 1.57 bits per heavy atom. The number of anilines is 5. The highest BCUT2D eigenvalue weighted by atomic mass is 19.1. The predicted octanol–water partition coefficient (Wildman–Crippen LogP) is 8.86. The molecule has 2 aliphatic rings. The lowest BCUT2D eigenvalue weighted by molar-refractivity contribution is 0.425. The van der Waals surface area contributed by atoms with Crippen LogP contribution in [0.2, 0.25) is 0 Å². The van der Waals surface area contributed by atoms with Gasteiger partial charge in [-0.05, 0) is 80.6 Å². The molecule has 11 rings (SSSR count). The Labute approximate surface area is 391 Å². The summed E-state index contributed by atoms with van der Waals surface area (Å²) in [4.78, 5) is 40.8. The number of aromatic nitrogens is 8. The van der Waals surface area contributed by atoms with E-state index in [9.17, 15) is 18.8 Å². The first kappa shape index (κ1) is 44.0. The Bertz CT molecular complexity index is 3430. The van der Waals surface area contributed by atoms with Gasteiger partial charge in [0, 0.05) is 100.0 Å². The van der Waals surface area contributed by atoms with Gasteiger partial charge in [-0.25, -0.2) is 28.7 Å². The number of pyridine rings is 6. The molecule has 0 spiro atoms. The van der Waals surface area contributed by atoms with Gasteiger partial charge in [0.2, 0.25) is 5.95 Å². The summed E-state index contributed by atoms with van der Waals surface area (Å²) < 4.78 is 28.5. The summed E-state index contributed by atoms with van der Waals surface area (Å²) in [6.45, 7) is 13.9. The van der Waals surface area contributed by atoms with Crippen LogP contribution in [0.3, 0.4) is 0 Å². The monoisotopic (exact) mass is 905 g/mol. The molecule has 2 aliphatic heterocycles. The molecule has 0 fully saturated rings. The SMILES string of the molecule is Cc1c(-c2ccccn2)nc2cc(F)ccc2c1N1CC(C)(C)c2ncc(-c3ccnc(N)n3)cc21.Cc1c(-c2ccccn2)nc2cc(F)ccc2c1N1CC(C)(C)c2ncc(B(O)O)cc21. The zero-order valence-corrected chi connectivity index (χ0v) is 38.2. The van der Waals surface area contributed by atoms with E-state index in [0.29, 0.717) is 46.7 Å². The van der Waals surface area contributed by atoms with Gasteiger partial charge in [-0.2, -0.15) is 0 Å². The maximum atomic E-state index is 14.3. The summed E-state index contributed by atoms with van der Waals surface area (Å²) >= 11 is 0. The van der Waals surface area contributed by atoms with E-state index < -0.39 is 7.12 Å². The van der Waals surface area contributed by atoms with Crippen LogP contribution < -0.4 is 21.0 Å². The molecule has 0 amide bonds. The number of fused-ring (bicyclic) bond motifs is 4. The van der Waals surface area contributed by atoms with Gasteiger partial charge in [0.1, 0.15) is 11.6 Å². The molecule has 0 unspecified atom stereocenters. The molecule has 16 heteroatoms. The lowest BCUT2D eigenvalue weighted by atomic mass is 9.80. The fourth-order valence-corrected chi connectivity index (χ4v) is 9.53. The molecular formula is C52H46BF2N11O2. The third-order valence-corrected chi connectivity index (χ3v) is 12.7. The molecule has 9 aromatic rings. The number of rotatable bonds is 6. The zero-order chi connectivity index (χ0) is 47.6. The quantitative estimate of drug-likeness (QED) is 0.135. The van der Waals surface area contributed by atoms with E-state index >= 15 is 0 Å². The average molecular weight is 906 g/mol. The van der Waals surface area contributed by atoms with Crippen molar-refractivity contribution in [1.82, 2.24) is 39.9 Å². The fraction of sp³-hybridized carbons (Fsp3) is 0.192. The molecule has 4 N–H and O–H groups in total. The smallest absolute Gasteiger partial charge is 0.423 e. The first-order chi connectivity index (χ1) is 32.6. The van der Waals surface area contributed by atoms with Crippen LogP contribution in [0.1, 0.15) is 50.2 Å². The minimum atomic E-state index is -1.62. The summed E-state index contributed by atoms with van der Waals surface area (Å²) in [5.41, 5.74) is 18.5. The summed E-state index contributed by atoms with van der Waals surface area (Å²) in [5, 5.41) is 21.1. The van der Waals surface area contributed by atoms with Crippen LogP contribution in [0.5, 0.6) is 0 Å². The number of benzene rings is 2. The van der Waals surface area contributed by atoms with Gasteiger partial charge in [-0.15, -0.1) is 0 Å². The van der Waals surface area contributed by atoms with Crippen LogP contribution in [0, 0.1) is 25.5 Å². The molecule has 13 nitrogen and oxygen atoms in total. The van der Waals surface area contributed by atoms with Gasteiger partial charge in [0.15, 0.2) is 0 Å². The van der Waals surface area contributed by atoms with E-state index in [2.05, 4.69) is 68.5 Å². The Morgan fingerprint density at radius 2 is 1.09 bits per heavy atom. The summed E-state index contributed by atoms with van der Waals surface area (Å²) in [6, 6.07) is 26.4. The first-order valence-electron chi connectivity index (χ1n) is 22.1. The Balaban J connectivity index is 0.000000160. The third kappa shape index (κ3) is 7.80. The van der Waals surface area contributed by atoms with E-state index in [0.717, 1.165) is 73.0 Å². The van der Waals surface area contributed by atoms with Crippen molar-refractivity contribution in [1.29, 1.82) is 0 Å². The second kappa shape index (κ2) is 16.8. The maximum Gasteiger partial charge on any atom is 0.490 e. The van der Waals surface area contributed by atoms with Gasteiger partial charge in [0.05, 0.1) is 73.6 Å². The van der Waals surface area contributed by atoms with E-state index in [-0.39, 0.29) is 28.4 Å². The molecule has 0 saturated heterocycles. The molecular weight excluding hydrogens is 859 g/mol. The van der Waals surface area contributed by atoms with Gasteiger partial charge in [0.25, 0.3) is 0 Å². The maximum absolute atomic E-state index is 14.3. The predicted molar refractivity (Wildman–Crippen MR) is 263 cm³/mol. The number of nitrogens with two attached hydrogens (primary N) is 1. The number of halogens is 2. The Hall–Kier alpha value is -7.82. The molecule has 0 saturated carbocycles. The molecule has 2 aromatic carbocycles. The van der Waals surface area contributed by atoms with Crippen LogP contribution in [0.4, 0.5) is 37.5 Å². The minimum absolute atomic E-state index is 0.211. The highest BCUT2D eigenvalue weighted by Gasteiger charge is 2.41. The van der Waals surface area contributed by atoms with E-state index in [4.69, 9.17) is 20.7 Å². The molecule has 9 heterocycles. The zero-order valence-electron chi connectivity index (χ0n) is 38.2. The second-order valence-corrected chi connectivity index (χ2v) is 18.5. The van der Waals surface area contributed by atoms with Crippen molar-refractivity contribution in [3.8, 4) is 34.0 Å². The summed E-state index contributed by atoms with van der Waals surface area (Å²) in [7, 11) is -1.62. The van der Waals surface area contributed by atoms with Crippen molar-refractivity contribution < 1.29 is 18.8 Å². The van der Waals surface area contributed by atoms with Crippen LogP contribution in [-0.2, 0) is 10.8 Å². The van der Waals surface area contributed by atoms with E-state index in [1.165, 1.54) is 30.5 Å². The molecule has 0 aliphatic carbocycles. The Morgan fingerprint density at radius 1 is 0.574 bits per heavy atom. The van der Waals surface area contributed by atoms with Gasteiger partial charge in [-0.3, -0.25) is 19.9 Å². The second-order valence-electron chi connectivity index (χ2n) is 18.5. The highest BCUT2D eigenvalue weighted by Crippen LogP contribution is 2.49. The first-order valence-corrected chi connectivity index (χ1v) is 22.1.